The first-order chi connectivity index (χ1) is 10.5. The highest BCUT2D eigenvalue weighted by atomic mass is 32.2. The number of hydrogen-bond acceptors (Lipinski definition) is 5. The minimum atomic E-state index is -0.353. The Bertz CT molecular complexity index is 531. The lowest BCUT2D eigenvalue weighted by Gasteiger charge is -2.24. The minimum absolute atomic E-state index is 0.0454. The van der Waals surface area contributed by atoms with Crippen LogP contribution in [0.3, 0.4) is 0 Å². The van der Waals surface area contributed by atoms with Crippen molar-refractivity contribution in [2.75, 3.05) is 11.6 Å². The molecule has 1 aromatic rings. The van der Waals surface area contributed by atoms with Crippen LogP contribution < -0.4 is 5.32 Å². The fraction of sp³-hybridized carbons (Fsp3) is 0.667. The van der Waals surface area contributed by atoms with Gasteiger partial charge in [0.05, 0.1) is 23.1 Å². The molecule has 1 aliphatic heterocycles. The summed E-state index contributed by atoms with van der Waals surface area (Å²) in [6.07, 6.45) is 2.05. The van der Waals surface area contributed by atoms with Gasteiger partial charge >= 0.3 is 0 Å². The number of hydrogen-bond donors (Lipinski definition) is 1. The van der Waals surface area contributed by atoms with Crippen molar-refractivity contribution in [3.8, 4) is 0 Å². The number of amides is 2. The lowest BCUT2D eigenvalue weighted by Crippen LogP contribution is -2.48. The van der Waals surface area contributed by atoms with E-state index in [0.29, 0.717) is 18.2 Å². The molecule has 1 saturated heterocycles. The van der Waals surface area contributed by atoms with Gasteiger partial charge in [-0.2, -0.15) is 0 Å². The van der Waals surface area contributed by atoms with Crippen LogP contribution in [-0.2, 0) is 22.6 Å². The third kappa shape index (κ3) is 4.23. The van der Waals surface area contributed by atoms with Gasteiger partial charge in [0, 0.05) is 17.1 Å². The third-order valence-corrected chi connectivity index (χ3v) is 5.44. The molecule has 2 heterocycles. The Morgan fingerprint density at radius 1 is 1.50 bits per heavy atom. The van der Waals surface area contributed by atoms with Gasteiger partial charge in [0.15, 0.2) is 0 Å². The average Bonchev–Trinajstić information content (AvgIpc) is 3.13. The number of nitrogens with zero attached hydrogens (tertiary/aromatic N) is 2. The van der Waals surface area contributed by atoms with E-state index < -0.39 is 0 Å². The first-order valence-corrected chi connectivity index (χ1v) is 9.65. The van der Waals surface area contributed by atoms with Crippen molar-refractivity contribution < 1.29 is 9.59 Å². The number of thiazole rings is 1. The summed E-state index contributed by atoms with van der Waals surface area (Å²) in [5, 5.41) is 6.02. The van der Waals surface area contributed by atoms with Crippen molar-refractivity contribution in [2.45, 2.75) is 46.2 Å². The van der Waals surface area contributed by atoms with Gasteiger partial charge in [-0.25, -0.2) is 4.98 Å². The highest BCUT2D eigenvalue weighted by Gasteiger charge is 2.35. The zero-order valence-electron chi connectivity index (χ0n) is 13.3. The van der Waals surface area contributed by atoms with Gasteiger partial charge < -0.3 is 10.2 Å². The maximum Gasteiger partial charge on any atom is 0.244 e. The lowest BCUT2D eigenvalue weighted by molar-refractivity contribution is -0.140. The van der Waals surface area contributed by atoms with E-state index >= 15 is 0 Å². The van der Waals surface area contributed by atoms with Crippen LogP contribution in [0.2, 0.25) is 0 Å². The predicted octanol–water partition coefficient (Wildman–Crippen LogP) is 2.27. The summed E-state index contributed by atoms with van der Waals surface area (Å²) in [7, 11) is 0. The maximum absolute atomic E-state index is 12.3. The van der Waals surface area contributed by atoms with Crippen LogP contribution in [0, 0.1) is 5.92 Å². The highest BCUT2D eigenvalue weighted by Crippen LogP contribution is 2.23. The van der Waals surface area contributed by atoms with Crippen molar-refractivity contribution in [1.82, 2.24) is 15.2 Å². The number of aromatic nitrogens is 1. The van der Waals surface area contributed by atoms with Gasteiger partial charge in [0.25, 0.3) is 0 Å². The average molecular weight is 342 g/mol. The second kappa shape index (κ2) is 7.97. The Hall–Kier alpha value is -1.08. The van der Waals surface area contributed by atoms with Crippen molar-refractivity contribution in [3.05, 3.63) is 16.1 Å². The first-order valence-electron chi connectivity index (χ1n) is 7.62. The normalized spacial score (nSPS) is 18.0. The third-order valence-electron chi connectivity index (χ3n) is 3.47. The minimum Gasteiger partial charge on any atom is -0.349 e. The van der Waals surface area contributed by atoms with E-state index in [1.165, 1.54) is 0 Å². The largest absolute Gasteiger partial charge is 0.349 e. The van der Waals surface area contributed by atoms with E-state index in [1.807, 2.05) is 19.2 Å². The summed E-state index contributed by atoms with van der Waals surface area (Å²) >= 11 is 3.26. The quantitative estimate of drug-likeness (QED) is 0.862. The fourth-order valence-corrected chi connectivity index (χ4v) is 4.33. The smallest absolute Gasteiger partial charge is 0.244 e. The summed E-state index contributed by atoms with van der Waals surface area (Å²) in [5.41, 5.74) is 0.897. The Balaban J connectivity index is 1.89. The number of nitrogens with one attached hydrogen (secondary N) is 1. The predicted molar refractivity (Wildman–Crippen MR) is 90.8 cm³/mol. The molecule has 0 aromatic carbocycles. The maximum atomic E-state index is 12.3. The molecule has 2 rings (SSSR count). The summed E-state index contributed by atoms with van der Waals surface area (Å²) in [5.74, 6) is 1.16. The van der Waals surface area contributed by atoms with Crippen LogP contribution >= 0.6 is 23.1 Å². The number of carbonyl (C=O) groups excluding carboxylic acids is 2. The number of carbonyl (C=O) groups is 2. The van der Waals surface area contributed by atoms with E-state index in [4.69, 9.17) is 0 Å². The van der Waals surface area contributed by atoms with Gasteiger partial charge in [-0.1, -0.05) is 20.8 Å². The van der Waals surface area contributed by atoms with Crippen molar-refractivity contribution in [1.29, 1.82) is 0 Å². The molecule has 0 radical (unpaired) electrons. The van der Waals surface area contributed by atoms with Gasteiger partial charge in [-0.05, 0) is 12.8 Å². The lowest BCUT2D eigenvalue weighted by atomic mass is 10.1. The van der Waals surface area contributed by atoms with Crippen LogP contribution in [0.15, 0.2) is 5.38 Å². The molecule has 1 fully saturated rings. The van der Waals surface area contributed by atoms with Crippen LogP contribution in [0.4, 0.5) is 0 Å². The van der Waals surface area contributed by atoms with E-state index in [-0.39, 0.29) is 23.8 Å². The highest BCUT2D eigenvalue weighted by molar-refractivity contribution is 7.99. The first kappa shape index (κ1) is 17.3. The Morgan fingerprint density at radius 3 is 2.95 bits per heavy atom. The molecule has 0 aliphatic carbocycles. The van der Waals surface area contributed by atoms with Gasteiger partial charge in [0.1, 0.15) is 6.04 Å². The molecule has 122 valence electrons. The van der Waals surface area contributed by atoms with Crippen molar-refractivity contribution in [2.24, 2.45) is 5.92 Å². The van der Waals surface area contributed by atoms with Gasteiger partial charge in [-0.3, -0.25) is 9.59 Å². The monoisotopic (exact) mass is 341 g/mol. The SMILES string of the molecule is CCCc1nc(CNC(=O)C2CSCN2C(=O)C(C)C)cs1. The van der Waals surface area contributed by atoms with Gasteiger partial charge in [0.2, 0.25) is 11.8 Å². The zero-order chi connectivity index (χ0) is 16.1. The molecule has 0 spiro atoms. The molecule has 7 heteroatoms. The van der Waals surface area contributed by atoms with Crippen molar-refractivity contribution >= 4 is 34.9 Å². The summed E-state index contributed by atoms with van der Waals surface area (Å²) < 4.78 is 0. The van der Waals surface area contributed by atoms with Crippen molar-refractivity contribution in [3.63, 3.8) is 0 Å². The summed E-state index contributed by atoms with van der Waals surface area (Å²) in [6, 6.07) is -0.353. The fourth-order valence-electron chi connectivity index (χ4n) is 2.26. The number of rotatable bonds is 6. The number of thioether (sulfide) groups is 1. The van der Waals surface area contributed by atoms with Crippen LogP contribution in [0.5, 0.6) is 0 Å². The molecule has 1 unspecified atom stereocenters. The molecule has 0 saturated carbocycles. The van der Waals surface area contributed by atoms with E-state index in [2.05, 4.69) is 17.2 Å². The Morgan fingerprint density at radius 2 is 2.27 bits per heavy atom. The van der Waals surface area contributed by atoms with Crippen LogP contribution in [0.1, 0.15) is 37.9 Å². The van der Waals surface area contributed by atoms with Gasteiger partial charge in [-0.15, -0.1) is 23.1 Å². The topological polar surface area (TPSA) is 62.3 Å². The molecule has 1 atom stereocenters. The molecular formula is C15H23N3O2S2. The molecule has 5 nitrogen and oxygen atoms in total. The standard InChI is InChI=1S/C15H23N3O2S2/c1-4-5-13-17-11(7-22-13)6-16-14(19)12-8-21-9-18(12)15(20)10(2)3/h7,10,12H,4-6,8-9H2,1-3H3,(H,16,19). The van der Waals surface area contributed by atoms with E-state index in [1.54, 1.807) is 28.0 Å². The molecular weight excluding hydrogens is 318 g/mol. The Kier molecular flexibility index (Phi) is 6.26. The molecule has 22 heavy (non-hydrogen) atoms. The number of aryl methyl sites for hydroxylation is 1. The summed E-state index contributed by atoms with van der Waals surface area (Å²) in [4.78, 5) is 30.7. The summed E-state index contributed by atoms with van der Waals surface area (Å²) in [6.45, 7) is 6.29. The molecule has 1 aliphatic rings. The molecule has 2 amide bonds. The second-order valence-electron chi connectivity index (χ2n) is 5.68. The Labute approximate surface area is 139 Å². The van der Waals surface area contributed by atoms with E-state index in [0.717, 1.165) is 23.5 Å². The molecule has 1 aromatic heterocycles. The molecule has 0 bridgehead atoms. The second-order valence-corrected chi connectivity index (χ2v) is 7.62. The van der Waals surface area contributed by atoms with Crippen LogP contribution in [-0.4, -0.2) is 39.4 Å². The zero-order valence-corrected chi connectivity index (χ0v) is 14.9. The molecule has 1 N–H and O–H groups in total. The van der Waals surface area contributed by atoms with E-state index in [9.17, 15) is 9.59 Å². The van der Waals surface area contributed by atoms with Crippen LogP contribution in [0.25, 0.3) is 0 Å².